The molecule has 4 rings (SSSR count). The molecule has 0 unspecified atom stereocenters. The van der Waals surface area contributed by atoms with Gasteiger partial charge in [-0.05, 0) is 24.3 Å². The summed E-state index contributed by atoms with van der Waals surface area (Å²) < 4.78 is 11.0. The highest BCUT2D eigenvalue weighted by Gasteiger charge is 2.15. The zero-order valence-electron chi connectivity index (χ0n) is 13.2. The van der Waals surface area contributed by atoms with E-state index < -0.39 is 0 Å². The Morgan fingerprint density at radius 2 is 1.80 bits per heavy atom. The first-order valence-corrected chi connectivity index (χ1v) is 8.64. The summed E-state index contributed by atoms with van der Waals surface area (Å²) in [5.74, 6) is 1.05. The van der Waals surface area contributed by atoms with E-state index in [0.29, 0.717) is 41.2 Å². The first-order valence-electron chi connectivity index (χ1n) is 7.76. The number of ether oxygens (including phenoxy) is 2. The minimum atomic E-state index is -0.269. The molecule has 1 aromatic heterocycles. The Morgan fingerprint density at radius 3 is 2.64 bits per heavy atom. The highest BCUT2D eigenvalue weighted by molar-refractivity contribution is 7.14. The molecule has 1 amide bonds. The third-order valence-electron chi connectivity index (χ3n) is 3.56. The predicted molar refractivity (Wildman–Crippen MR) is 97.2 cm³/mol. The van der Waals surface area contributed by atoms with Crippen molar-refractivity contribution in [1.82, 2.24) is 4.98 Å². The lowest BCUT2D eigenvalue weighted by Gasteiger charge is -2.18. The summed E-state index contributed by atoms with van der Waals surface area (Å²) in [5, 5.41) is 8.39. The summed E-state index contributed by atoms with van der Waals surface area (Å²) in [7, 11) is 0. The van der Waals surface area contributed by atoms with Crippen molar-refractivity contribution in [3.05, 3.63) is 59.6 Å². The average molecular weight is 353 g/mol. The molecule has 0 aliphatic carbocycles. The summed E-state index contributed by atoms with van der Waals surface area (Å²) in [4.78, 5) is 16.7. The van der Waals surface area contributed by atoms with Gasteiger partial charge in [-0.2, -0.15) is 0 Å². The molecule has 0 atom stereocenters. The van der Waals surface area contributed by atoms with Crippen molar-refractivity contribution in [3.63, 3.8) is 0 Å². The Hall–Kier alpha value is -3.06. The molecule has 2 heterocycles. The van der Waals surface area contributed by atoms with Gasteiger partial charge in [0.1, 0.15) is 18.9 Å². The number of nitrogens with zero attached hydrogens (tertiary/aromatic N) is 1. The largest absolute Gasteiger partial charge is 0.486 e. The van der Waals surface area contributed by atoms with Crippen LogP contribution in [-0.2, 0) is 0 Å². The van der Waals surface area contributed by atoms with E-state index in [2.05, 4.69) is 15.6 Å². The van der Waals surface area contributed by atoms with Gasteiger partial charge in [0.2, 0.25) is 0 Å². The van der Waals surface area contributed by atoms with Crippen molar-refractivity contribution in [3.8, 4) is 11.5 Å². The van der Waals surface area contributed by atoms with E-state index in [9.17, 15) is 4.79 Å². The number of rotatable bonds is 4. The van der Waals surface area contributed by atoms with Crippen LogP contribution in [0.4, 0.5) is 16.5 Å². The number of para-hydroxylation sites is 1. The molecule has 2 N–H and O–H groups in total. The first kappa shape index (κ1) is 15.5. The van der Waals surface area contributed by atoms with Crippen LogP contribution in [0.3, 0.4) is 0 Å². The number of nitrogens with one attached hydrogen (secondary N) is 2. The van der Waals surface area contributed by atoms with Crippen molar-refractivity contribution < 1.29 is 14.3 Å². The maximum Gasteiger partial charge on any atom is 0.275 e. The van der Waals surface area contributed by atoms with Crippen LogP contribution in [0.2, 0.25) is 0 Å². The monoisotopic (exact) mass is 353 g/mol. The van der Waals surface area contributed by atoms with Gasteiger partial charge >= 0.3 is 0 Å². The molecule has 1 aliphatic heterocycles. The molecule has 6 nitrogen and oxygen atoms in total. The summed E-state index contributed by atoms with van der Waals surface area (Å²) in [5.41, 5.74) is 1.92. The van der Waals surface area contributed by atoms with Crippen LogP contribution in [0.1, 0.15) is 10.5 Å². The Kier molecular flexibility index (Phi) is 4.22. The van der Waals surface area contributed by atoms with Gasteiger partial charge < -0.3 is 20.1 Å². The van der Waals surface area contributed by atoms with Gasteiger partial charge in [0.25, 0.3) is 5.91 Å². The lowest BCUT2D eigenvalue weighted by molar-refractivity contribution is 0.102. The van der Waals surface area contributed by atoms with Crippen molar-refractivity contribution in [2.24, 2.45) is 0 Å². The summed E-state index contributed by atoms with van der Waals surface area (Å²) >= 11 is 1.38. The van der Waals surface area contributed by atoms with E-state index in [0.717, 1.165) is 5.69 Å². The fourth-order valence-corrected chi connectivity index (χ4v) is 3.11. The van der Waals surface area contributed by atoms with Gasteiger partial charge in [-0.3, -0.25) is 4.79 Å². The van der Waals surface area contributed by atoms with Gasteiger partial charge in [0.15, 0.2) is 16.6 Å². The number of anilines is 3. The van der Waals surface area contributed by atoms with Crippen molar-refractivity contribution in [1.29, 1.82) is 0 Å². The van der Waals surface area contributed by atoms with Crippen molar-refractivity contribution >= 4 is 33.8 Å². The van der Waals surface area contributed by atoms with Crippen LogP contribution in [0, 0.1) is 0 Å². The number of hydrogen-bond donors (Lipinski definition) is 2. The molecule has 0 fully saturated rings. The van der Waals surface area contributed by atoms with Crippen molar-refractivity contribution in [2.45, 2.75) is 0 Å². The highest BCUT2D eigenvalue weighted by atomic mass is 32.1. The molecule has 126 valence electrons. The molecule has 7 heteroatoms. The molecule has 0 saturated carbocycles. The lowest BCUT2D eigenvalue weighted by Crippen LogP contribution is -2.16. The summed E-state index contributed by atoms with van der Waals surface area (Å²) in [6.07, 6.45) is 0. The van der Waals surface area contributed by atoms with E-state index >= 15 is 0 Å². The summed E-state index contributed by atoms with van der Waals surface area (Å²) in [6, 6.07) is 15.0. The third kappa shape index (κ3) is 3.56. The highest BCUT2D eigenvalue weighted by Crippen LogP contribution is 2.32. The van der Waals surface area contributed by atoms with E-state index in [-0.39, 0.29) is 5.91 Å². The SMILES string of the molecule is O=C(Nc1ccc2c(c1)OCCO2)c1csc(Nc2ccccc2)n1. The van der Waals surface area contributed by atoms with Crippen LogP contribution in [0.5, 0.6) is 11.5 Å². The van der Waals surface area contributed by atoms with Gasteiger partial charge in [0.05, 0.1) is 0 Å². The maximum atomic E-state index is 12.4. The Labute approximate surface area is 148 Å². The van der Waals surface area contributed by atoms with Gasteiger partial charge in [-0.15, -0.1) is 11.3 Å². The molecule has 25 heavy (non-hydrogen) atoms. The zero-order chi connectivity index (χ0) is 17.1. The van der Waals surface area contributed by atoms with E-state index in [1.54, 1.807) is 23.6 Å². The number of carbonyl (C=O) groups is 1. The number of carbonyl (C=O) groups excluding carboxylic acids is 1. The zero-order valence-corrected chi connectivity index (χ0v) is 14.0. The smallest absolute Gasteiger partial charge is 0.275 e. The number of benzene rings is 2. The fraction of sp³-hybridized carbons (Fsp3) is 0.111. The summed E-state index contributed by atoms with van der Waals surface area (Å²) in [6.45, 7) is 1.04. The number of amides is 1. The topological polar surface area (TPSA) is 72.5 Å². The van der Waals surface area contributed by atoms with E-state index in [4.69, 9.17) is 9.47 Å². The van der Waals surface area contributed by atoms with E-state index in [1.807, 2.05) is 30.3 Å². The number of fused-ring (bicyclic) bond motifs is 1. The minimum Gasteiger partial charge on any atom is -0.486 e. The first-order chi connectivity index (χ1) is 12.3. The van der Waals surface area contributed by atoms with Crippen LogP contribution >= 0.6 is 11.3 Å². The fourth-order valence-electron chi connectivity index (χ4n) is 2.40. The molecule has 3 aromatic rings. The van der Waals surface area contributed by atoms with Gasteiger partial charge in [-0.1, -0.05) is 18.2 Å². The quantitative estimate of drug-likeness (QED) is 0.744. The molecule has 0 saturated heterocycles. The molecule has 1 aliphatic rings. The molecular formula is C18H15N3O3S. The Bertz CT molecular complexity index is 896. The van der Waals surface area contributed by atoms with Gasteiger partial charge in [0, 0.05) is 22.8 Å². The Balaban J connectivity index is 1.45. The normalized spacial score (nSPS) is 12.5. The number of aromatic nitrogens is 1. The molecule has 2 aromatic carbocycles. The Morgan fingerprint density at radius 1 is 1.00 bits per heavy atom. The minimum absolute atomic E-state index is 0.269. The van der Waals surface area contributed by atoms with Crippen LogP contribution in [-0.4, -0.2) is 24.1 Å². The molecule has 0 bridgehead atoms. The second kappa shape index (κ2) is 6.82. The average Bonchev–Trinajstić information content (AvgIpc) is 3.11. The predicted octanol–water partition coefficient (Wildman–Crippen LogP) is 3.91. The van der Waals surface area contributed by atoms with Crippen molar-refractivity contribution in [2.75, 3.05) is 23.8 Å². The van der Waals surface area contributed by atoms with Crippen LogP contribution < -0.4 is 20.1 Å². The maximum absolute atomic E-state index is 12.4. The molecular weight excluding hydrogens is 338 g/mol. The standard InChI is InChI=1S/C18H15N3O3S/c22-17(19-13-6-7-15-16(10-13)24-9-8-23-15)14-11-25-18(21-14)20-12-4-2-1-3-5-12/h1-7,10-11H,8-9H2,(H,19,22)(H,20,21). The van der Waals surface area contributed by atoms with Crippen LogP contribution in [0.25, 0.3) is 0 Å². The number of thiazole rings is 1. The second-order valence-electron chi connectivity index (χ2n) is 5.34. The molecule has 0 radical (unpaired) electrons. The van der Waals surface area contributed by atoms with Gasteiger partial charge in [-0.25, -0.2) is 4.98 Å². The second-order valence-corrected chi connectivity index (χ2v) is 6.20. The third-order valence-corrected chi connectivity index (χ3v) is 4.32. The number of hydrogen-bond acceptors (Lipinski definition) is 6. The lowest BCUT2D eigenvalue weighted by atomic mass is 10.2. The van der Waals surface area contributed by atoms with E-state index in [1.165, 1.54) is 11.3 Å². The van der Waals surface area contributed by atoms with Crippen LogP contribution in [0.15, 0.2) is 53.9 Å². The molecule has 0 spiro atoms.